The molecule has 2 aliphatic rings. The summed E-state index contributed by atoms with van der Waals surface area (Å²) in [6.45, 7) is 5.59. The first-order chi connectivity index (χ1) is 11.1. The van der Waals surface area contributed by atoms with Crippen LogP contribution in [0, 0.1) is 0 Å². The molecular formula is C17H20N2O3S. The van der Waals surface area contributed by atoms with Gasteiger partial charge >= 0.3 is 0 Å². The van der Waals surface area contributed by atoms with E-state index < -0.39 is 0 Å². The number of benzene rings is 1. The minimum Gasteiger partial charge on any atom is -0.496 e. The Bertz CT molecular complexity index is 662. The summed E-state index contributed by atoms with van der Waals surface area (Å²) in [6.07, 6.45) is 2.12. The number of aliphatic imine (C=N–C) groups is 1. The highest BCUT2D eigenvalue weighted by Crippen LogP contribution is 2.33. The summed E-state index contributed by atoms with van der Waals surface area (Å²) in [5.41, 5.74) is 0.881. The lowest BCUT2D eigenvalue weighted by Crippen LogP contribution is -2.47. The Morgan fingerprint density at radius 3 is 2.70 bits per heavy atom. The Morgan fingerprint density at radius 1 is 1.30 bits per heavy atom. The number of morpholine rings is 1. The van der Waals surface area contributed by atoms with Gasteiger partial charge in [0.1, 0.15) is 5.75 Å². The molecule has 0 spiro atoms. The average molecular weight is 332 g/mol. The summed E-state index contributed by atoms with van der Waals surface area (Å²) in [5, 5.41) is 0.762. The molecule has 5 nitrogen and oxygen atoms in total. The molecule has 3 rings (SSSR count). The number of para-hydroxylation sites is 1. The minimum absolute atomic E-state index is 0.138. The fourth-order valence-corrected chi connectivity index (χ4v) is 3.72. The third-order valence-electron chi connectivity index (χ3n) is 3.72. The zero-order valence-electron chi connectivity index (χ0n) is 13.5. The van der Waals surface area contributed by atoms with Crippen LogP contribution in [0.1, 0.15) is 19.4 Å². The molecule has 1 aromatic carbocycles. The summed E-state index contributed by atoms with van der Waals surface area (Å²) < 4.78 is 11.1. The van der Waals surface area contributed by atoms with E-state index in [9.17, 15) is 4.79 Å². The molecule has 23 heavy (non-hydrogen) atoms. The first kappa shape index (κ1) is 16.1. The standard InChI is InChI=1S/C17H20N2O3S/c1-11-9-19(10-12(2)22-11)17-18-16(20)15(23-17)8-13-6-4-5-7-14(13)21-3/h4-8,11-12H,9-10H2,1-3H3/b15-8-/t11-,12+. The molecular weight excluding hydrogens is 312 g/mol. The van der Waals surface area contributed by atoms with Crippen LogP contribution in [0.5, 0.6) is 5.75 Å². The molecule has 6 heteroatoms. The fourth-order valence-electron chi connectivity index (χ4n) is 2.79. The van der Waals surface area contributed by atoms with E-state index in [0.717, 1.165) is 29.6 Å². The third-order valence-corrected chi connectivity index (χ3v) is 4.77. The number of thioether (sulfide) groups is 1. The zero-order valence-corrected chi connectivity index (χ0v) is 14.3. The van der Waals surface area contributed by atoms with Crippen LogP contribution in [0.3, 0.4) is 0 Å². The van der Waals surface area contributed by atoms with E-state index in [0.29, 0.717) is 4.91 Å². The molecule has 0 radical (unpaired) electrons. The number of hydrogen-bond donors (Lipinski definition) is 0. The molecule has 2 heterocycles. The van der Waals surface area contributed by atoms with E-state index in [1.54, 1.807) is 7.11 Å². The maximum Gasteiger partial charge on any atom is 0.286 e. The highest BCUT2D eigenvalue weighted by Gasteiger charge is 2.31. The number of rotatable bonds is 2. The van der Waals surface area contributed by atoms with Gasteiger partial charge in [-0.05, 0) is 37.8 Å². The van der Waals surface area contributed by atoms with Crippen molar-refractivity contribution in [3.8, 4) is 5.75 Å². The SMILES string of the molecule is COc1ccccc1/C=C1\SC(N2C[C@@H](C)O[C@@H](C)C2)=NC1=O. The molecule has 1 saturated heterocycles. The van der Waals surface area contributed by atoms with Crippen molar-refractivity contribution in [2.45, 2.75) is 26.1 Å². The number of nitrogens with zero attached hydrogens (tertiary/aromatic N) is 2. The molecule has 0 saturated carbocycles. The Hall–Kier alpha value is -1.79. The number of amides is 1. The van der Waals surface area contributed by atoms with Gasteiger partial charge in [-0.15, -0.1) is 0 Å². The minimum atomic E-state index is -0.192. The van der Waals surface area contributed by atoms with Crippen molar-refractivity contribution >= 4 is 28.9 Å². The topological polar surface area (TPSA) is 51.1 Å². The largest absolute Gasteiger partial charge is 0.496 e. The summed E-state index contributed by atoms with van der Waals surface area (Å²) in [6, 6.07) is 7.63. The second-order valence-electron chi connectivity index (χ2n) is 5.71. The summed E-state index contributed by atoms with van der Waals surface area (Å²) in [5.74, 6) is 0.554. The highest BCUT2D eigenvalue weighted by molar-refractivity contribution is 8.18. The zero-order chi connectivity index (χ0) is 16.4. The van der Waals surface area contributed by atoms with Crippen molar-refractivity contribution in [2.75, 3.05) is 20.2 Å². The number of ether oxygens (including phenoxy) is 2. The first-order valence-corrected chi connectivity index (χ1v) is 8.44. The van der Waals surface area contributed by atoms with E-state index >= 15 is 0 Å². The number of amidine groups is 1. The Kier molecular flexibility index (Phi) is 4.73. The van der Waals surface area contributed by atoms with E-state index in [2.05, 4.69) is 9.89 Å². The predicted octanol–water partition coefficient (Wildman–Crippen LogP) is 2.77. The maximum atomic E-state index is 12.2. The highest BCUT2D eigenvalue weighted by atomic mass is 32.2. The van der Waals surface area contributed by atoms with E-state index in [4.69, 9.17) is 9.47 Å². The van der Waals surface area contributed by atoms with E-state index in [-0.39, 0.29) is 18.1 Å². The molecule has 2 atom stereocenters. The van der Waals surface area contributed by atoms with Crippen LogP contribution < -0.4 is 4.74 Å². The van der Waals surface area contributed by atoms with E-state index in [1.807, 2.05) is 44.2 Å². The van der Waals surface area contributed by atoms with Crippen molar-refractivity contribution in [3.63, 3.8) is 0 Å². The molecule has 0 unspecified atom stereocenters. The van der Waals surface area contributed by atoms with Crippen molar-refractivity contribution < 1.29 is 14.3 Å². The van der Waals surface area contributed by atoms with Crippen LogP contribution >= 0.6 is 11.8 Å². The molecule has 0 N–H and O–H groups in total. The third kappa shape index (κ3) is 3.59. The van der Waals surface area contributed by atoms with Crippen molar-refractivity contribution in [3.05, 3.63) is 34.7 Å². The molecule has 1 aromatic rings. The van der Waals surface area contributed by atoms with Gasteiger partial charge in [0.25, 0.3) is 5.91 Å². The van der Waals surface area contributed by atoms with Gasteiger partial charge in [-0.2, -0.15) is 4.99 Å². The van der Waals surface area contributed by atoms with Gasteiger partial charge in [0.2, 0.25) is 0 Å². The molecule has 1 fully saturated rings. The second kappa shape index (κ2) is 6.76. The number of carbonyl (C=O) groups excluding carboxylic acids is 1. The summed E-state index contributed by atoms with van der Waals surface area (Å²) >= 11 is 1.42. The average Bonchev–Trinajstić information content (AvgIpc) is 2.88. The van der Waals surface area contributed by atoms with Crippen LogP contribution in [0.25, 0.3) is 6.08 Å². The molecule has 122 valence electrons. The van der Waals surface area contributed by atoms with Gasteiger partial charge in [-0.25, -0.2) is 0 Å². The quantitative estimate of drug-likeness (QED) is 0.780. The normalized spacial score (nSPS) is 26.6. The predicted molar refractivity (Wildman–Crippen MR) is 92.6 cm³/mol. The van der Waals surface area contributed by atoms with Gasteiger partial charge < -0.3 is 14.4 Å². The van der Waals surface area contributed by atoms with Crippen LogP contribution in [0.15, 0.2) is 34.2 Å². The lowest BCUT2D eigenvalue weighted by Gasteiger charge is -2.35. The van der Waals surface area contributed by atoms with E-state index in [1.165, 1.54) is 11.8 Å². The van der Waals surface area contributed by atoms with Crippen molar-refractivity contribution in [2.24, 2.45) is 4.99 Å². The molecule has 2 aliphatic heterocycles. The van der Waals surface area contributed by atoms with Gasteiger partial charge in [-0.3, -0.25) is 4.79 Å². The lowest BCUT2D eigenvalue weighted by atomic mass is 10.2. The first-order valence-electron chi connectivity index (χ1n) is 7.63. The summed E-state index contributed by atoms with van der Waals surface area (Å²) in [7, 11) is 1.62. The molecule has 0 aliphatic carbocycles. The summed E-state index contributed by atoms with van der Waals surface area (Å²) in [4.78, 5) is 19.2. The van der Waals surface area contributed by atoms with Crippen LogP contribution in [0.2, 0.25) is 0 Å². The Balaban J connectivity index is 1.78. The Morgan fingerprint density at radius 2 is 2.00 bits per heavy atom. The van der Waals surface area contributed by atoms with Crippen LogP contribution in [0.4, 0.5) is 0 Å². The van der Waals surface area contributed by atoms with Crippen LogP contribution in [-0.2, 0) is 9.53 Å². The maximum absolute atomic E-state index is 12.2. The van der Waals surface area contributed by atoms with Crippen molar-refractivity contribution in [1.29, 1.82) is 0 Å². The smallest absolute Gasteiger partial charge is 0.286 e. The van der Waals surface area contributed by atoms with Gasteiger partial charge in [-0.1, -0.05) is 18.2 Å². The molecule has 1 amide bonds. The second-order valence-corrected chi connectivity index (χ2v) is 6.72. The van der Waals surface area contributed by atoms with Crippen LogP contribution in [-0.4, -0.2) is 48.4 Å². The molecule has 0 bridgehead atoms. The fraction of sp³-hybridized carbons (Fsp3) is 0.412. The van der Waals surface area contributed by atoms with Gasteiger partial charge in [0, 0.05) is 18.7 Å². The number of carbonyl (C=O) groups is 1. The monoisotopic (exact) mass is 332 g/mol. The number of hydrogen-bond acceptors (Lipinski definition) is 5. The van der Waals surface area contributed by atoms with Gasteiger partial charge in [0.15, 0.2) is 5.17 Å². The van der Waals surface area contributed by atoms with Crippen molar-refractivity contribution in [1.82, 2.24) is 4.90 Å². The Labute approximate surface area is 140 Å². The molecule has 0 aromatic heterocycles. The number of methoxy groups -OCH3 is 1. The lowest BCUT2D eigenvalue weighted by molar-refractivity contribution is -0.113. The van der Waals surface area contributed by atoms with Gasteiger partial charge in [0.05, 0.1) is 24.2 Å².